The van der Waals surface area contributed by atoms with E-state index < -0.39 is 38.9 Å². The Labute approximate surface area is 617 Å². The summed E-state index contributed by atoms with van der Waals surface area (Å²) in [5, 5.41) is 18.5. The van der Waals surface area contributed by atoms with Crippen LogP contribution in [0.2, 0.25) is 72.5 Å². The van der Waals surface area contributed by atoms with Gasteiger partial charge in [-0.1, -0.05) is 310 Å². The average molecular weight is 1450 g/mol. The Bertz CT molecular complexity index is 1910. The first-order valence-electron chi connectivity index (χ1n) is 42.0. The maximum atomic E-state index is 13.8. The maximum absolute atomic E-state index is 13.8. The van der Waals surface area contributed by atoms with Gasteiger partial charge in [0, 0.05) is 52.4 Å². The quantitative estimate of drug-likeness (QED) is 0.0404. The van der Waals surface area contributed by atoms with Crippen LogP contribution in [-0.2, 0) is 27.3 Å². The monoisotopic (exact) mass is 1450 g/mol. The van der Waals surface area contributed by atoms with Crippen molar-refractivity contribution < 1.29 is 32.4 Å². The summed E-state index contributed by atoms with van der Waals surface area (Å²) in [5.41, 5.74) is -1.49. The van der Waals surface area contributed by atoms with Crippen molar-refractivity contribution in [1.82, 2.24) is 20.4 Å². The number of hydrogen-bond acceptors (Lipinski definition) is 9. The van der Waals surface area contributed by atoms with E-state index in [1.165, 1.54) is 199 Å². The lowest BCUT2D eigenvalue weighted by Crippen LogP contribution is -2.50. The van der Waals surface area contributed by atoms with E-state index in [1.54, 1.807) is 6.92 Å². The molecule has 15 heteroatoms. The second-order valence-corrected chi connectivity index (χ2v) is 56.5. The molecule has 0 saturated heterocycles. The summed E-state index contributed by atoms with van der Waals surface area (Å²) in [7, 11) is -8.37. The van der Waals surface area contributed by atoms with Gasteiger partial charge in [-0.2, -0.15) is 0 Å². The van der Waals surface area contributed by atoms with Crippen molar-refractivity contribution in [3.63, 3.8) is 0 Å². The van der Waals surface area contributed by atoms with Crippen LogP contribution >= 0.6 is 0 Å². The molecule has 0 bridgehead atoms. The minimum atomic E-state index is -2.09. The summed E-state index contributed by atoms with van der Waals surface area (Å²) in [6, 6.07) is 0. The molecule has 0 aromatic heterocycles. The lowest BCUT2D eigenvalue weighted by Gasteiger charge is -2.42. The van der Waals surface area contributed by atoms with Gasteiger partial charge >= 0.3 is 0 Å². The molecular weight excluding hydrogens is 1280 g/mol. The third-order valence-corrected chi connectivity index (χ3v) is 41.4. The smallest absolute Gasteiger partial charge is 0.222 e. The minimum absolute atomic E-state index is 0.0994. The summed E-state index contributed by atoms with van der Waals surface area (Å²) < 4.78 is 29.6. The van der Waals surface area contributed by atoms with Crippen molar-refractivity contribution in [1.29, 1.82) is 0 Å². The van der Waals surface area contributed by atoms with Gasteiger partial charge in [0.1, 0.15) is 0 Å². The Kier molecular flexibility index (Phi) is 51.5. The molecule has 0 aromatic carbocycles. The molecule has 0 aliphatic carbocycles. The van der Waals surface area contributed by atoms with Gasteiger partial charge in [-0.15, -0.1) is 0 Å². The Morgan fingerprint density at radius 3 is 0.684 bits per heavy atom. The van der Waals surface area contributed by atoms with Gasteiger partial charge in [0.2, 0.25) is 11.8 Å². The summed E-state index contributed by atoms with van der Waals surface area (Å²) in [5.74, 6) is -0.445. The third kappa shape index (κ3) is 47.2. The molecular formula is C83H176N4O7Si4. The second kappa shape index (κ2) is 51.7. The van der Waals surface area contributed by atoms with Crippen LogP contribution in [-0.4, -0.2) is 142 Å². The molecule has 98 heavy (non-hydrogen) atoms. The zero-order chi connectivity index (χ0) is 74.6. The molecule has 0 heterocycles. The van der Waals surface area contributed by atoms with Crippen LogP contribution in [0.4, 0.5) is 0 Å². The van der Waals surface area contributed by atoms with Crippen molar-refractivity contribution >= 4 is 45.1 Å². The number of amides is 2. The zero-order valence-corrected chi connectivity index (χ0v) is 74.8. The van der Waals surface area contributed by atoms with Gasteiger partial charge in [0.25, 0.3) is 0 Å². The van der Waals surface area contributed by atoms with Crippen molar-refractivity contribution in [2.75, 3.05) is 52.4 Å². The molecule has 11 nitrogen and oxygen atoms in total. The molecule has 0 rings (SSSR count). The number of carbonyl (C=O) groups excluding carboxylic acids is 2. The fourth-order valence-electron chi connectivity index (χ4n) is 12.6. The van der Waals surface area contributed by atoms with E-state index in [4.69, 9.17) is 17.7 Å². The molecule has 0 aliphatic rings. The second-order valence-electron chi connectivity index (χ2n) is 37.5. The summed E-state index contributed by atoms with van der Waals surface area (Å²) in [6.07, 6.45) is 46.0. The summed E-state index contributed by atoms with van der Waals surface area (Å²) in [4.78, 5) is 32.9. The molecule has 2 amide bonds. The van der Waals surface area contributed by atoms with Crippen LogP contribution < -0.4 is 10.6 Å². The number of rotatable bonds is 63. The number of hydrogen-bond donors (Lipinski definition) is 3. The minimum Gasteiger partial charge on any atom is -0.413 e. The summed E-state index contributed by atoms with van der Waals surface area (Å²) >= 11 is 0. The van der Waals surface area contributed by atoms with Gasteiger partial charge < -0.3 is 33.4 Å². The molecule has 0 radical (unpaired) electrons. The first-order chi connectivity index (χ1) is 45.6. The Morgan fingerprint density at radius 1 is 0.316 bits per heavy atom. The van der Waals surface area contributed by atoms with Gasteiger partial charge in [-0.3, -0.25) is 19.4 Å². The molecule has 5 atom stereocenters. The topological polar surface area (TPSA) is 122 Å². The van der Waals surface area contributed by atoms with Gasteiger partial charge in [-0.05, 0) is 118 Å². The van der Waals surface area contributed by atoms with Crippen molar-refractivity contribution in [3.8, 4) is 0 Å². The molecule has 0 saturated carbocycles. The van der Waals surface area contributed by atoms with Gasteiger partial charge in [0.05, 0.1) is 42.9 Å². The predicted molar refractivity (Wildman–Crippen MR) is 441 cm³/mol. The first kappa shape index (κ1) is 97.5. The molecule has 0 aromatic rings. The van der Waals surface area contributed by atoms with E-state index in [2.05, 4.69) is 184 Å². The van der Waals surface area contributed by atoms with E-state index in [1.807, 2.05) is 0 Å². The van der Waals surface area contributed by atoms with Crippen LogP contribution in [0.5, 0.6) is 0 Å². The highest BCUT2D eigenvalue weighted by Crippen LogP contribution is 2.42. The van der Waals surface area contributed by atoms with Gasteiger partial charge in [-0.25, -0.2) is 0 Å². The van der Waals surface area contributed by atoms with Crippen LogP contribution in [0.3, 0.4) is 0 Å². The van der Waals surface area contributed by atoms with E-state index in [-0.39, 0.29) is 69.2 Å². The lowest BCUT2D eigenvalue weighted by molar-refractivity contribution is -0.130. The van der Waals surface area contributed by atoms with Crippen molar-refractivity contribution in [2.45, 2.75) is 471 Å². The fraction of sp³-hybridized carbons (Fsp3) is 0.976. The molecule has 0 fully saturated rings. The number of nitrogens with one attached hydrogen (secondary N) is 2. The largest absolute Gasteiger partial charge is 0.413 e. The highest BCUT2D eigenvalue weighted by molar-refractivity contribution is 6.75. The standard InChI is InChI=1S/C83H176N4O7Si4/c1-26-30-34-38-42-46-50-54-60-74(92-96(20,21)80(8,9)10)70-86(69-73(91-95(18,19)79(5,6)7)59-53-49-45-41-37-33-29-4)65-57-63-84-77(88)67-83(17,90)68-78(89)85-64-58-66-87(71-75(93-97(22,23)81(11,12)13)61-55-51-47-43-39-35-31-27-2)72-76(94-98(24,25)82(14,15)16)62-56-52-48-44-40-36-32-28-3/h73-76,90H,26-72H2,1-25H3,(H,84,88)(H,85,89). The molecule has 0 aliphatic heterocycles. The Morgan fingerprint density at radius 2 is 0.500 bits per heavy atom. The van der Waals surface area contributed by atoms with Crippen LogP contribution in [0.1, 0.15) is 368 Å². The zero-order valence-electron chi connectivity index (χ0n) is 70.8. The predicted octanol–water partition coefficient (Wildman–Crippen LogP) is 24.4. The van der Waals surface area contributed by atoms with E-state index in [0.717, 1.165) is 77.8 Å². The summed E-state index contributed by atoms with van der Waals surface area (Å²) in [6.45, 7) is 64.4. The van der Waals surface area contributed by atoms with Gasteiger partial charge in [0.15, 0.2) is 33.3 Å². The number of aliphatic hydroxyl groups is 1. The number of carbonyl (C=O) groups is 2. The van der Waals surface area contributed by atoms with Crippen LogP contribution in [0.25, 0.3) is 0 Å². The Hall–Kier alpha value is -0.472. The van der Waals surface area contributed by atoms with Crippen molar-refractivity contribution in [2.24, 2.45) is 0 Å². The average Bonchev–Trinajstić information content (AvgIpc) is 0.843. The molecule has 0 spiro atoms. The highest BCUT2D eigenvalue weighted by Gasteiger charge is 2.44. The van der Waals surface area contributed by atoms with Crippen LogP contribution in [0, 0.1) is 0 Å². The molecule has 5 unspecified atom stereocenters. The first-order valence-corrected chi connectivity index (χ1v) is 53.6. The number of unbranched alkanes of at least 4 members (excludes halogenated alkanes) is 27. The number of nitrogens with zero attached hydrogens (tertiary/aromatic N) is 2. The van der Waals surface area contributed by atoms with E-state index in [0.29, 0.717) is 13.1 Å². The Balaban J connectivity index is 6.63. The SMILES string of the molecule is CCCCCCCCCCC(CN(CCCNC(=O)CC(C)(O)CC(=O)NCCCN(CC(CCCCCCCCCC)O[Si](C)(C)C(C)(C)C)CC(CCCCCCCCCC)O[Si](C)(C)C(C)(C)C)CC(CCCCCCCCC)O[Si](C)(C)C(C)(C)C)O[Si](C)(C)C(C)(C)C. The maximum Gasteiger partial charge on any atom is 0.222 e. The fourth-order valence-corrected chi connectivity index (χ4v) is 18.1. The van der Waals surface area contributed by atoms with E-state index in [9.17, 15) is 14.7 Å². The van der Waals surface area contributed by atoms with Crippen LogP contribution in [0.15, 0.2) is 0 Å². The lowest BCUT2D eigenvalue weighted by atomic mass is 9.97. The highest BCUT2D eigenvalue weighted by atomic mass is 28.4. The molecule has 3 N–H and O–H groups in total. The third-order valence-electron chi connectivity index (χ3n) is 23.2. The van der Waals surface area contributed by atoms with E-state index >= 15 is 0 Å². The normalized spacial score (nSPS) is 15.3. The molecule has 586 valence electrons. The van der Waals surface area contributed by atoms with Crippen molar-refractivity contribution in [3.05, 3.63) is 0 Å².